The number of piperazine rings is 1. The second-order valence-electron chi connectivity index (χ2n) is 6.28. The molecular weight excluding hydrogens is 370 g/mol. The van der Waals surface area contributed by atoms with Gasteiger partial charge in [0.25, 0.3) is 5.82 Å². The molecule has 2 heterocycles. The summed E-state index contributed by atoms with van der Waals surface area (Å²) < 4.78 is 27.1. The molecule has 2 aromatic carbocycles. The van der Waals surface area contributed by atoms with Gasteiger partial charge in [-0.25, -0.2) is 13.4 Å². The van der Waals surface area contributed by atoms with Gasteiger partial charge in [-0.05, 0) is 36.4 Å². The van der Waals surface area contributed by atoms with Gasteiger partial charge in [0.15, 0.2) is 0 Å². The number of halogens is 1. The predicted molar refractivity (Wildman–Crippen MR) is 103 cm³/mol. The van der Waals surface area contributed by atoms with Crippen molar-refractivity contribution in [1.82, 2.24) is 4.31 Å². The molecule has 0 saturated carbocycles. The molecule has 5 nitrogen and oxygen atoms in total. The molecule has 3 aromatic rings. The van der Waals surface area contributed by atoms with E-state index in [1.165, 1.54) is 4.31 Å². The first-order valence-electron chi connectivity index (χ1n) is 8.46. The smallest absolute Gasteiger partial charge is 0.259 e. The highest BCUT2D eigenvalue weighted by molar-refractivity contribution is 7.89. The van der Waals surface area contributed by atoms with Crippen molar-refractivity contribution in [2.75, 3.05) is 31.1 Å². The van der Waals surface area contributed by atoms with E-state index in [2.05, 4.69) is 22.0 Å². The SMILES string of the molecule is O=S(=O)(c1ccc(Cl)cc1)N1CCN(c2ccc3ccccc3[nH+]2)CC1. The number of hydrogen-bond acceptors (Lipinski definition) is 3. The molecule has 134 valence electrons. The van der Waals surface area contributed by atoms with Crippen molar-refractivity contribution in [1.29, 1.82) is 0 Å². The number of nitrogens with one attached hydrogen (secondary N) is 1. The monoisotopic (exact) mass is 388 g/mol. The van der Waals surface area contributed by atoms with Gasteiger partial charge in [0.1, 0.15) is 5.52 Å². The van der Waals surface area contributed by atoms with E-state index in [-0.39, 0.29) is 4.90 Å². The third-order valence-electron chi connectivity index (χ3n) is 4.68. The molecule has 1 fully saturated rings. The summed E-state index contributed by atoms with van der Waals surface area (Å²) in [4.78, 5) is 5.90. The average Bonchev–Trinajstić information content (AvgIpc) is 2.68. The fourth-order valence-electron chi connectivity index (χ4n) is 3.21. The molecule has 7 heteroatoms. The molecule has 0 aliphatic carbocycles. The quantitative estimate of drug-likeness (QED) is 0.693. The lowest BCUT2D eigenvalue weighted by Gasteiger charge is -2.30. The zero-order valence-corrected chi connectivity index (χ0v) is 15.7. The highest BCUT2D eigenvalue weighted by atomic mass is 35.5. The Bertz CT molecular complexity index is 1030. The van der Waals surface area contributed by atoms with Crippen LogP contribution in [-0.4, -0.2) is 38.9 Å². The first-order chi connectivity index (χ1) is 12.5. The normalized spacial score (nSPS) is 16.1. The molecule has 1 aliphatic rings. The summed E-state index contributed by atoms with van der Waals surface area (Å²) in [7, 11) is -3.48. The molecule has 1 N–H and O–H groups in total. The van der Waals surface area contributed by atoms with E-state index < -0.39 is 10.0 Å². The van der Waals surface area contributed by atoms with E-state index in [0.717, 1.165) is 16.7 Å². The summed E-state index contributed by atoms with van der Waals surface area (Å²) in [5.74, 6) is 1.01. The first-order valence-corrected chi connectivity index (χ1v) is 10.3. The number of benzene rings is 2. The summed E-state index contributed by atoms with van der Waals surface area (Å²) in [5, 5.41) is 1.68. The third-order valence-corrected chi connectivity index (χ3v) is 6.84. The molecule has 1 aromatic heterocycles. The van der Waals surface area contributed by atoms with Crippen LogP contribution in [0.1, 0.15) is 0 Å². The standard InChI is InChI=1S/C19H18ClN3O2S/c20-16-6-8-17(9-7-16)26(24,25)23-13-11-22(12-14-23)19-10-5-15-3-1-2-4-18(15)21-19/h1-10H,11-14H2/p+1. The van der Waals surface area contributed by atoms with Gasteiger partial charge in [0.05, 0.1) is 31.1 Å². The number of para-hydroxylation sites is 1. The maximum absolute atomic E-state index is 12.8. The Labute approximate surface area is 157 Å². The number of pyridine rings is 1. The topological polar surface area (TPSA) is 54.8 Å². The predicted octanol–water partition coefficient (Wildman–Crippen LogP) is 2.82. The largest absolute Gasteiger partial charge is 0.274 e. The van der Waals surface area contributed by atoms with Gasteiger partial charge in [0, 0.05) is 16.5 Å². The van der Waals surface area contributed by atoms with Crippen LogP contribution in [0.2, 0.25) is 5.02 Å². The van der Waals surface area contributed by atoms with E-state index in [1.807, 2.05) is 24.3 Å². The number of fused-ring (bicyclic) bond motifs is 1. The molecule has 0 amide bonds. The van der Waals surface area contributed by atoms with Crippen LogP contribution in [0, 0.1) is 0 Å². The van der Waals surface area contributed by atoms with E-state index in [4.69, 9.17) is 11.6 Å². The molecule has 0 spiro atoms. The summed E-state index contributed by atoms with van der Waals surface area (Å²) in [6.07, 6.45) is 0. The first kappa shape index (κ1) is 17.3. The van der Waals surface area contributed by atoms with Gasteiger partial charge < -0.3 is 0 Å². The number of aromatic nitrogens is 1. The maximum Gasteiger partial charge on any atom is 0.274 e. The molecule has 0 unspecified atom stereocenters. The number of sulfonamides is 1. The van der Waals surface area contributed by atoms with Gasteiger partial charge in [0.2, 0.25) is 10.0 Å². The fourth-order valence-corrected chi connectivity index (χ4v) is 4.76. The minimum Gasteiger partial charge on any atom is -0.259 e. The molecule has 0 bridgehead atoms. The average molecular weight is 389 g/mol. The van der Waals surface area contributed by atoms with Crippen LogP contribution in [0.5, 0.6) is 0 Å². The lowest BCUT2D eigenvalue weighted by atomic mass is 10.2. The van der Waals surface area contributed by atoms with E-state index in [1.54, 1.807) is 24.3 Å². The van der Waals surface area contributed by atoms with Crippen molar-refractivity contribution in [2.24, 2.45) is 0 Å². The fraction of sp³-hybridized carbons (Fsp3) is 0.211. The van der Waals surface area contributed by atoms with Crippen LogP contribution in [-0.2, 0) is 10.0 Å². The number of rotatable bonds is 3. The van der Waals surface area contributed by atoms with Crippen LogP contribution in [0.15, 0.2) is 65.6 Å². The molecule has 1 saturated heterocycles. The molecule has 0 atom stereocenters. The number of H-pyrrole nitrogens is 1. The van der Waals surface area contributed by atoms with E-state index in [0.29, 0.717) is 31.2 Å². The van der Waals surface area contributed by atoms with E-state index >= 15 is 0 Å². The Morgan fingerprint density at radius 2 is 1.54 bits per heavy atom. The Morgan fingerprint density at radius 1 is 0.846 bits per heavy atom. The minimum atomic E-state index is -3.48. The maximum atomic E-state index is 12.8. The van der Waals surface area contributed by atoms with Gasteiger partial charge >= 0.3 is 0 Å². The zero-order valence-electron chi connectivity index (χ0n) is 14.1. The third kappa shape index (κ3) is 3.28. The second-order valence-corrected chi connectivity index (χ2v) is 8.65. The zero-order chi connectivity index (χ0) is 18.1. The van der Waals surface area contributed by atoms with Crippen LogP contribution >= 0.6 is 11.6 Å². The van der Waals surface area contributed by atoms with Crippen LogP contribution in [0.4, 0.5) is 5.82 Å². The minimum absolute atomic E-state index is 0.285. The van der Waals surface area contributed by atoms with Gasteiger partial charge in [-0.2, -0.15) is 4.31 Å². The van der Waals surface area contributed by atoms with Crippen molar-refractivity contribution in [3.63, 3.8) is 0 Å². The summed E-state index contributed by atoms with van der Waals surface area (Å²) in [6.45, 7) is 2.18. The Morgan fingerprint density at radius 3 is 2.27 bits per heavy atom. The van der Waals surface area contributed by atoms with Crippen molar-refractivity contribution in [3.8, 4) is 0 Å². The van der Waals surface area contributed by atoms with Crippen molar-refractivity contribution >= 4 is 38.3 Å². The van der Waals surface area contributed by atoms with Crippen molar-refractivity contribution < 1.29 is 13.4 Å². The number of hydrogen-bond donors (Lipinski definition) is 0. The van der Waals surface area contributed by atoms with E-state index in [9.17, 15) is 8.42 Å². The Hall–Kier alpha value is -2.15. The highest BCUT2D eigenvalue weighted by Gasteiger charge is 2.31. The van der Waals surface area contributed by atoms with Crippen LogP contribution in [0.25, 0.3) is 10.9 Å². The lowest BCUT2D eigenvalue weighted by Crippen LogP contribution is -2.49. The summed E-state index contributed by atoms with van der Waals surface area (Å²) >= 11 is 5.86. The van der Waals surface area contributed by atoms with Crippen molar-refractivity contribution in [3.05, 3.63) is 65.7 Å². The molecule has 4 rings (SSSR count). The summed E-state index contributed by atoms with van der Waals surface area (Å²) in [5.41, 5.74) is 1.07. The van der Waals surface area contributed by atoms with Gasteiger partial charge in [-0.1, -0.05) is 29.8 Å². The second kappa shape index (κ2) is 6.87. The Kier molecular flexibility index (Phi) is 4.56. The summed E-state index contributed by atoms with van der Waals surface area (Å²) in [6, 6.07) is 18.6. The molecule has 26 heavy (non-hydrogen) atoms. The Balaban J connectivity index is 1.50. The van der Waals surface area contributed by atoms with Gasteiger partial charge in [-0.3, -0.25) is 4.90 Å². The molecular formula is C19H19ClN3O2S+. The van der Waals surface area contributed by atoms with Crippen molar-refractivity contribution in [2.45, 2.75) is 4.90 Å². The van der Waals surface area contributed by atoms with Crippen LogP contribution < -0.4 is 9.88 Å². The van der Waals surface area contributed by atoms with Gasteiger partial charge in [-0.15, -0.1) is 0 Å². The molecule has 0 radical (unpaired) electrons. The number of aromatic amines is 1. The number of nitrogens with zero attached hydrogens (tertiary/aromatic N) is 2. The highest BCUT2D eigenvalue weighted by Crippen LogP contribution is 2.21. The number of anilines is 1. The van der Waals surface area contributed by atoms with Crippen LogP contribution in [0.3, 0.4) is 0 Å². The molecule has 1 aliphatic heterocycles. The lowest BCUT2D eigenvalue weighted by molar-refractivity contribution is -0.330.